The number of carbonyl (C=O) groups is 2. The molecular formula is C28H21AlCl2O5S2. The average molecular weight is 599 g/mol. The van der Waals surface area contributed by atoms with Crippen molar-refractivity contribution in [3.8, 4) is 22.3 Å². The average Bonchev–Trinajstić information content (AvgIpc) is 3.48. The zero-order valence-electron chi connectivity index (χ0n) is 19.9. The molecule has 0 radical (unpaired) electrons. The maximum atomic E-state index is 13.0. The van der Waals surface area contributed by atoms with Crippen LogP contribution >= 0.6 is 45.9 Å². The van der Waals surface area contributed by atoms with E-state index in [2.05, 4.69) is 13.2 Å². The third kappa shape index (κ3) is 6.48. The number of halogens is 2. The van der Waals surface area contributed by atoms with Crippen molar-refractivity contribution in [3.05, 3.63) is 117 Å². The molecule has 38 heavy (non-hydrogen) atoms. The Morgan fingerprint density at radius 3 is 1.45 bits per heavy atom. The van der Waals surface area contributed by atoms with E-state index in [1.807, 2.05) is 60.7 Å². The van der Waals surface area contributed by atoms with Crippen LogP contribution in [0.15, 0.2) is 96.7 Å². The molecule has 0 bridgehead atoms. The summed E-state index contributed by atoms with van der Waals surface area (Å²) in [5.41, 5.74) is 3.30. The van der Waals surface area contributed by atoms with Gasteiger partial charge < -0.3 is 5.48 Å². The van der Waals surface area contributed by atoms with Crippen LogP contribution in [0.2, 0.25) is 10.0 Å². The molecule has 2 atom stereocenters. The van der Waals surface area contributed by atoms with E-state index in [1.165, 1.54) is 34.8 Å². The minimum Gasteiger partial charge on any atom is -0.870 e. The summed E-state index contributed by atoms with van der Waals surface area (Å²) in [7, 11) is 0. The van der Waals surface area contributed by atoms with Crippen molar-refractivity contribution in [1.29, 1.82) is 0 Å². The molecule has 10 heteroatoms. The maximum absolute atomic E-state index is 13.0. The van der Waals surface area contributed by atoms with Crippen LogP contribution in [0, 0.1) is 0 Å². The summed E-state index contributed by atoms with van der Waals surface area (Å²) in [5, 5.41) is 4.65. The second-order valence-corrected chi connectivity index (χ2v) is 11.1. The van der Waals surface area contributed by atoms with Crippen molar-refractivity contribution >= 4 is 73.7 Å². The molecule has 0 spiro atoms. The van der Waals surface area contributed by atoms with Crippen molar-refractivity contribution in [1.82, 2.24) is 0 Å². The van der Waals surface area contributed by atoms with E-state index in [0.29, 0.717) is 19.8 Å². The summed E-state index contributed by atoms with van der Waals surface area (Å²) >= 11 is 14.2. The number of rotatable bonds is 10. The van der Waals surface area contributed by atoms with Gasteiger partial charge in [0.25, 0.3) is 0 Å². The van der Waals surface area contributed by atoms with E-state index >= 15 is 0 Å². The molecule has 0 amide bonds. The molecule has 2 heterocycles. The first-order valence-electron chi connectivity index (χ1n) is 11.1. The first-order valence-corrected chi connectivity index (χ1v) is 14.5. The molecule has 0 aliphatic rings. The quantitative estimate of drug-likeness (QED) is 0.136. The van der Waals surface area contributed by atoms with Crippen molar-refractivity contribution < 1.29 is 22.6 Å². The number of hydrogen-bond acceptors (Lipinski definition) is 7. The normalized spacial score (nSPS) is 11.8. The predicted octanol–water partition coefficient (Wildman–Crippen LogP) is 8.13. The first kappa shape index (κ1) is 29.9. The SMILES string of the molecule is C=CC(C(=O)[O][Al+][O]C(=O)C(C=C)c1scc(Cl)c1-c1ccccc1)c1scc(Cl)c1-c1ccccc1.[OH-]. The Bertz CT molecular complexity index is 1310. The van der Waals surface area contributed by atoms with Gasteiger partial charge in [0, 0.05) is 0 Å². The summed E-state index contributed by atoms with van der Waals surface area (Å²) in [6, 6.07) is 19.1. The second-order valence-electron chi connectivity index (χ2n) is 7.77. The summed E-state index contributed by atoms with van der Waals surface area (Å²) in [5.74, 6) is -2.63. The van der Waals surface area contributed by atoms with Gasteiger partial charge in [0.15, 0.2) is 0 Å². The molecule has 1 N–H and O–H groups in total. The third-order valence-electron chi connectivity index (χ3n) is 5.55. The molecule has 4 rings (SSSR count). The Kier molecular flexibility index (Phi) is 11.0. The van der Waals surface area contributed by atoms with Crippen molar-refractivity contribution in [2.75, 3.05) is 0 Å². The molecule has 2 unspecified atom stereocenters. The zero-order valence-corrected chi connectivity index (χ0v) is 24.2. The molecule has 0 aliphatic carbocycles. The Morgan fingerprint density at radius 2 is 1.11 bits per heavy atom. The summed E-state index contributed by atoms with van der Waals surface area (Å²) in [4.78, 5) is 27.4. The van der Waals surface area contributed by atoms with E-state index in [9.17, 15) is 9.59 Å². The molecular weight excluding hydrogens is 578 g/mol. The van der Waals surface area contributed by atoms with Crippen molar-refractivity contribution in [2.24, 2.45) is 0 Å². The number of hydrogen-bond donors (Lipinski definition) is 0. The third-order valence-corrected chi connectivity index (χ3v) is 9.19. The van der Waals surface area contributed by atoms with Gasteiger partial charge in [-0.2, -0.15) is 0 Å². The monoisotopic (exact) mass is 598 g/mol. The van der Waals surface area contributed by atoms with Crippen LogP contribution in [0.4, 0.5) is 0 Å². The first-order chi connectivity index (χ1) is 18.0. The van der Waals surface area contributed by atoms with Crippen LogP contribution in [0.1, 0.15) is 21.6 Å². The second kappa shape index (κ2) is 13.9. The fourth-order valence-electron chi connectivity index (χ4n) is 3.82. The molecule has 0 saturated carbocycles. The Hall–Kier alpha value is -2.67. The topological polar surface area (TPSA) is 82.6 Å². The maximum Gasteiger partial charge on any atom is -0.870 e. The van der Waals surface area contributed by atoms with Gasteiger partial charge in [-0.25, -0.2) is 0 Å². The van der Waals surface area contributed by atoms with E-state index in [0.717, 1.165) is 22.3 Å². The van der Waals surface area contributed by atoms with E-state index in [-0.39, 0.29) is 5.48 Å². The van der Waals surface area contributed by atoms with Crippen molar-refractivity contribution in [3.63, 3.8) is 0 Å². The minimum absolute atomic E-state index is 0. The van der Waals surface area contributed by atoms with E-state index < -0.39 is 39.7 Å². The standard InChI is InChI=1S/2C14H11ClO2S.Al.H2O/c2*1-2-10(14(16)17)13-12(11(15)8-18-13)9-6-4-3-5-7-9;;/h2*2-8,10H,1H2,(H,16,17);;1H2/q;;+3;/p-3. The fourth-order valence-corrected chi connectivity index (χ4v) is 7.21. The van der Waals surface area contributed by atoms with Crippen LogP contribution in [0.3, 0.4) is 0 Å². The molecule has 192 valence electrons. The van der Waals surface area contributed by atoms with Crippen LogP contribution in [0.5, 0.6) is 0 Å². The van der Waals surface area contributed by atoms with Gasteiger partial charge in [-0.3, -0.25) is 0 Å². The Labute approximate surface area is 245 Å². The Balaban J connectivity index is 0.00000400. The molecule has 2 aromatic carbocycles. The van der Waals surface area contributed by atoms with Crippen LogP contribution in [-0.2, 0) is 17.2 Å². The number of thiophene rings is 2. The van der Waals surface area contributed by atoms with Crippen molar-refractivity contribution in [2.45, 2.75) is 11.8 Å². The Morgan fingerprint density at radius 1 is 0.737 bits per heavy atom. The largest absolute Gasteiger partial charge is 0.870 e. The summed E-state index contributed by atoms with van der Waals surface area (Å²) in [6.07, 6.45) is 3.01. The van der Waals surface area contributed by atoms with Crippen LogP contribution in [-0.4, -0.2) is 33.3 Å². The molecule has 2 aromatic heterocycles. The predicted molar refractivity (Wildman–Crippen MR) is 155 cm³/mol. The minimum atomic E-state index is -1.41. The molecule has 5 nitrogen and oxygen atoms in total. The van der Waals surface area contributed by atoms with Crippen LogP contribution in [0.25, 0.3) is 22.3 Å². The van der Waals surface area contributed by atoms with Gasteiger partial charge in [0.1, 0.15) is 0 Å². The smallest absolute Gasteiger partial charge is 0.870 e. The number of carbonyl (C=O) groups excluding carboxylic acids is 2. The summed E-state index contributed by atoms with van der Waals surface area (Å²) < 4.78 is 10.8. The van der Waals surface area contributed by atoms with E-state index in [1.54, 1.807) is 10.8 Å². The number of benzene rings is 2. The fraction of sp³-hybridized carbons (Fsp3) is 0.0714. The molecule has 4 aromatic rings. The molecule has 0 fully saturated rings. The van der Waals surface area contributed by atoms with Gasteiger partial charge in [-0.1, -0.05) is 0 Å². The van der Waals surface area contributed by atoms with Gasteiger partial charge in [0.2, 0.25) is 0 Å². The molecule has 0 saturated heterocycles. The van der Waals surface area contributed by atoms with Gasteiger partial charge >= 0.3 is 241 Å². The molecule has 0 aliphatic heterocycles. The summed E-state index contributed by atoms with van der Waals surface area (Å²) in [6.45, 7) is 7.62. The van der Waals surface area contributed by atoms with Gasteiger partial charge in [0.05, 0.1) is 0 Å². The van der Waals surface area contributed by atoms with E-state index in [4.69, 9.17) is 30.8 Å². The zero-order chi connectivity index (χ0) is 26.4. The van der Waals surface area contributed by atoms with Crippen LogP contribution < -0.4 is 0 Å². The van der Waals surface area contributed by atoms with Gasteiger partial charge in [-0.05, 0) is 0 Å². The van der Waals surface area contributed by atoms with Gasteiger partial charge in [-0.15, -0.1) is 0 Å².